The first kappa shape index (κ1) is 18.7. The van der Waals surface area contributed by atoms with E-state index >= 15 is 0 Å². The van der Waals surface area contributed by atoms with Crippen molar-refractivity contribution in [3.63, 3.8) is 0 Å². The van der Waals surface area contributed by atoms with E-state index in [4.69, 9.17) is 0 Å². The predicted molar refractivity (Wildman–Crippen MR) is 107 cm³/mol. The lowest BCUT2D eigenvalue weighted by Crippen LogP contribution is -2.36. The van der Waals surface area contributed by atoms with Crippen LogP contribution < -0.4 is 5.32 Å². The van der Waals surface area contributed by atoms with E-state index in [0.717, 1.165) is 32.4 Å². The highest BCUT2D eigenvalue weighted by Crippen LogP contribution is 2.24. The molecule has 3 heteroatoms. The summed E-state index contributed by atoms with van der Waals surface area (Å²) in [5.41, 5.74) is 2.66. The lowest BCUT2D eigenvalue weighted by molar-refractivity contribution is -0.121. The molecule has 2 aromatic rings. The maximum absolute atomic E-state index is 12.3. The van der Waals surface area contributed by atoms with Gasteiger partial charge in [0, 0.05) is 13.0 Å². The summed E-state index contributed by atoms with van der Waals surface area (Å²) >= 11 is 0. The molecule has 0 saturated carbocycles. The van der Waals surface area contributed by atoms with Crippen LogP contribution in [0.4, 0.5) is 0 Å². The third-order valence-electron chi connectivity index (χ3n) is 5.22. The number of hydrogen-bond donors (Lipinski definition) is 1. The summed E-state index contributed by atoms with van der Waals surface area (Å²) in [5, 5.41) is 3.18. The largest absolute Gasteiger partial charge is 0.354 e. The van der Waals surface area contributed by atoms with Gasteiger partial charge in [-0.1, -0.05) is 60.7 Å². The number of nitrogens with one attached hydrogen (secondary N) is 1. The highest BCUT2D eigenvalue weighted by Gasteiger charge is 2.23. The molecular formula is C23H30N2O. The van der Waals surface area contributed by atoms with Crippen LogP contribution in [0.2, 0.25) is 0 Å². The lowest BCUT2D eigenvalue weighted by Gasteiger charge is -2.28. The Morgan fingerprint density at radius 3 is 2.27 bits per heavy atom. The van der Waals surface area contributed by atoms with Crippen LogP contribution in [0.1, 0.15) is 49.3 Å². The van der Waals surface area contributed by atoms with Crippen LogP contribution in [0.3, 0.4) is 0 Å². The number of benzene rings is 2. The standard InChI is InChI=1S/C23H30N2O/c26-23(16-8-7-13-20-11-3-1-4-12-20)24-19-22(25-17-9-10-18-25)21-14-5-2-6-15-21/h1-6,11-12,14-15,22H,7-10,13,16-19H2,(H,24,26). The summed E-state index contributed by atoms with van der Waals surface area (Å²) in [5.74, 6) is 0.179. The van der Waals surface area contributed by atoms with Gasteiger partial charge >= 0.3 is 0 Å². The number of hydrogen-bond acceptors (Lipinski definition) is 2. The quantitative estimate of drug-likeness (QED) is 0.682. The molecular weight excluding hydrogens is 320 g/mol. The minimum atomic E-state index is 0.179. The van der Waals surface area contributed by atoms with Gasteiger partial charge in [-0.25, -0.2) is 0 Å². The molecule has 1 aliphatic rings. The number of unbranched alkanes of at least 4 members (excludes halogenated alkanes) is 1. The number of aryl methyl sites for hydroxylation is 1. The Hall–Kier alpha value is -2.13. The molecule has 3 rings (SSSR count). The highest BCUT2D eigenvalue weighted by molar-refractivity contribution is 5.75. The van der Waals surface area contributed by atoms with Crippen molar-refractivity contribution in [2.24, 2.45) is 0 Å². The first-order chi connectivity index (χ1) is 12.8. The maximum atomic E-state index is 12.3. The number of rotatable bonds is 9. The van der Waals surface area contributed by atoms with Crippen molar-refractivity contribution < 1.29 is 4.79 Å². The fraction of sp³-hybridized carbons (Fsp3) is 0.435. The van der Waals surface area contributed by atoms with Crippen LogP contribution in [0, 0.1) is 0 Å². The fourth-order valence-electron chi connectivity index (χ4n) is 3.74. The van der Waals surface area contributed by atoms with E-state index in [-0.39, 0.29) is 5.91 Å². The third kappa shape index (κ3) is 5.70. The van der Waals surface area contributed by atoms with Gasteiger partial charge < -0.3 is 5.32 Å². The number of nitrogens with zero attached hydrogens (tertiary/aromatic N) is 1. The number of amides is 1. The van der Waals surface area contributed by atoms with Crippen molar-refractivity contribution in [2.45, 2.75) is 44.6 Å². The van der Waals surface area contributed by atoms with Crippen molar-refractivity contribution in [2.75, 3.05) is 19.6 Å². The summed E-state index contributed by atoms with van der Waals surface area (Å²) in [6.07, 6.45) is 6.20. The molecule has 0 radical (unpaired) electrons. The molecule has 1 amide bonds. The van der Waals surface area contributed by atoms with Crippen LogP contribution in [-0.2, 0) is 11.2 Å². The molecule has 1 aliphatic heterocycles. The Morgan fingerprint density at radius 2 is 1.58 bits per heavy atom. The van der Waals surface area contributed by atoms with Gasteiger partial charge in [0.1, 0.15) is 0 Å². The Morgan fingerprint density at radius 1 is 0.923 bits per heavy atom. The Balaban J connectivity index is 1.42. The first-order valence-corrected chi connectivity index (χ1v) is 9.92. The van der Waals surface area contributed by atoms with Gasteiger partial charge in [0.05, 0.1) is 6.04 Å². The molecule has 1 saturated heterocycles. The van der Waals surface area contributed by atoms with E-state index in [9.17, 15) is 4.79 Å². The van der Waals surface area contributed by atoms with Gasteiger partial charge in [0.25, 0.3) is 0 Å². The molecule has 2 aromatic carbocycles. The van der Waals surface area contributed by atoms with E-state index in [1.165, 1.54) is 24.0 Å². The van der Waals surface area contributed by atoms with E-state index in [1.54, 1.807) is 0 Å². The Labute approximate surface area is 157 Å². The summed E-state index contributed by atoms with van der Waals surface area (Å²) in [6.45, 7) is 2.97. The molecule has 0 aliphatic carbocycles. The van der Waals surface area contributed by atoms with Gasteiger partial charge in [-0.3, -0.25) is 9.69 Å². The average Bonchev–Trinajstić information content (AvgIpc) is 3.22. The summed E-state index contributed by atoms with van der Waals surface area (Å²) in [7, 11) is 0. The highest BCUT2D eigenvalue weighted by atomic mass is 16.1. The molecule has 0 bridgehead atoms. The molecule has 138 valence electrons. The van der Waals surface area contributed by atoms with E-state index < -0.39 is 0 Å². The molecule has 0 aromatic heterocycles. The van der Waals surface area contributed by atoms with Crippen molar-refractivity contribution in [3.8, 4) is 0 Å². The maximum Gasteiger partial charge on any atom is 0.220 e. The molecule has 1 atom stereocenters. The van der Waals surface area contributed by atoms with E-state index in [1.807, 2.05) is 6.07 Å². The zero-order valence-corrected chi connectivity index (χ0v) is 15.6. The van der Waals surface area contributed by atoms with Crippen molar-refractivity contribution in [3.05, 3.63) is 71.8 Å². The van der Waals surface area contributed by atoms with Crippen molar-refractivity contribution in [1.82, 2.24) is 10.2 Å². The second kappa shape index (κ2) is 10.1. The van der Waals surface area contributed by atoms with Gasteiger partial charge in [-0.15, -0.1) is 0 Å². The van der Waals surface area contributed by atoms with Crippen LogP contribution in [0.25, 0.3) is 0 Å². The molecule has 1 N–H and O–H groups in total. The average molecular weight is 351 g/mol. The lowest BCUT2D eigenvalue weighted by atomic mass is 10.0. The van der Waals surface area contributed by atoms with Crippen molar-refractivity contribution in [1.29, 1.82) is 0 Å². The van der Waals surface area contributed by atoms with Crippen LogP contribution >= 0.6 is 0 Å². The fourth-order valence-corrected chi connectivity index (χ4v) is 3.74. The zero-order chi connectivity index (χ0) is 18.0. The number of carbonyl (C=O) groups is 1. The van der Waals surface area contributed by atoms with Gasteiger partial charge in [0.2, 0.25) is 5.91 Å². The van der Waals surface area contributed by atoms with E-state index in [0.29, 0.717) is 19.0 Å². The van der Waals surface area contributed by atoms with E-state index in [2.05, 4.69) is 64.8 Å². The normalized spacial score (nSPS) is 15.7. The Bertz CT molecular complexity index is 650. The first-order valence-electron chi connectivity index (χ1n) is 9.92. The third-order valence-corrected chi connectivity index (χ3v) is 5.22. The van der Waals surface area contributed by atoms with Crippen LogP contribution in [0.5, 0.6) is 0 Å². The van der Waals surface area contributed by atoms with Gasteiger partial charge in [-0.2, -0.15) is 0 Å². The smallest absolute Gasteiger partial charge is 0.220 e. The Kier molecular flexibility index (Phi) is 7.26. The minimum Gasteiger partial charge on any atom is -0.354 e. The second-order valence-corrected chi connectivity index (χ2v) is 7.17. The monoisotopic (exact) mass is 350 g/mol. The molecule has 3 nitrogen and oxygen atoms in total. The summed E-state index contributed by atoms with van der Waals surface area (Å²) in [4.78, 5) is 14.8. The van der Waals surface area contributed by atoms with Gasteiger partial charge in [0.15, 0.2) is 0 Å². The topological polar surface area (TPSA) is 32.3 Å². The second-order valence-electron chi connectivity index (χ2n) is 7.17. The van der Waals surface area contributed by atoms with Crippen LogP contribution in [-0.4, -0.2) is 30.4 Å². The summed E-state index contributed by atoms with van der Waals surface area (Å²) < 4.78 is 0. The molecule has 1 unspecified atom stereocenters. The number of likely N-dealkylation sites (tertiary alicyclic amines) is 1. The van der Waals surface area contributed by atoms with Crippen molar-refractivity contribution >= 4 is 5.91 Å². The molecule has 1 heterocycles. The SMILES string of the molecule is O=C(CCCCc1ccccc1)NCC(c1ccccc1)N1CCCC1. The minimum absolute atomic E-state index is 0.179. The molecule has 1 fully saturated rings. The van der Waals surface area contributed by atoms with Gasteiger partial charge in [-0.05, 0) is 56.3 Å². The summed E-state index contributed by atoms with van der Waals surface area (Å²) in [6, 6.07) is 21.4. The zero-order valence-electron chi connectivity index (χ0n) is 15.6. The molecule has 0 spiro atoms. The number of carbonyl (C=O) groups excluding carboxylic acids is 1. The van der Waals surface area contributed by atoms with Crippen LogP contribution in [0.15, 0.2) is 60.7 Å². The predicted octanol–water partition coefficient (Wildman–Crippen LogP) is 4.35. The molecule has 26 heavy (non-hydrogen) atoms.